The minimum atomic E-state index is 0.266. The van der Waals surface area contributed by atoms with Gasteiger partial charge in [-0.1, -0.05) is 12.1 Å². The van der Waals surface area contributed by atoms with Crippen LogP contribution in [0.3, 0.4) is 0 Å². The summed E-state index contributed by atoms with van der Waals surface area (Å²) in [6.45, 7) is 6.94. The summed E-state index contributed by atoms with van der Waals surface area (Å²) in [5.41, 5.74) is 2.26. The Hall–Kier alpha value is -2.21. The molecule has 0 N–H and O–H groups in total. The molecule has 0 unspecified atom stereocenters. The van der Waals surface area contributed by atoms with Crippen molar-refractivity contribution in [1.82, 2.24) is 19.4 Å². The molecule has 3 heterocycles. The van der Waals surface area contributed by atoms with Gasteiger partial charge in [-0.05, 0) is 44.7 Å². The number of thiazole rings is 1. The van der Waals surface area contributed by atoms with Gasteiger partial charge in [-0.3, -0.25) is 4.79 Å². The Morgan fingerprint density at radius 2 is 2.00 bits per heavy atom. The number of hydrogen-bond donors (Lipinski definition) is 0. The van der Waals surface area contributed by atoms with Crippen LogP contribution >= 0.6 is 11.3 Å². The van der Waals surface area contributed by atoms with E-state index in [-0.39, 0.29) is 5.91 Å². The highest BCUT2D eigenvalue weighted by Crippen LogP contribution is 2.24. The van der Waals surface area contributed by atoms with Gasteiger partial charge >= 0.3 is 0 Å². The van der Waals surface area contributed by atoms with E-state index in [1.807, 2.05) is 29.3 Å². The van der Waals surface area contributed by atoms with Gasteiger partial charge in [0.2, 0.25) is 5.91 Å². The van der Waals surface area contributed by atoms with Gasteiger partial charge in [0.05, 0.1) is 15.2 Å². The number of carbonyl (C=O) groups excluding carboxylic acids is 1. The second-order valence-corrected chi connectivity index (χ2v) is 8.57. The van der Waals surface area contributed by atoms with E-state index in [2.05, 4.69) is 34.4 Å². The topological polar surface area (TPSA) is 51.0 Å². The molecule has 0 spiro atoms. The van der Waals surface area contributed by atoms with Crippen LogP contribution in [0.1, 0.15) is 35.8 Å². The second-order valence-electron chi connectivity index (χ2n) is 7.46. The third-order valence-corrected chi connectivity index (χ3v) is 6.65. The third-order valence-electron chi connectivity index (χ3n) is 5.55. The molecule has 1 fully saturated rings. The van der Waals surface area contributed by atoms with Crippen molar-refractivity contribution in [3.05, 3.63) is 47.0 Å². The summed E-state index contributed by atoms with van der Waals surface area (Å²) in [6, 6.07) is 8.17. The number of amides is 1. The molecule has 6 heteroatoms. The van der Waals surface area contributed by atoms with Crippen LogP contribution in [-0.4, -0.2) is 38.4 Å². The average molecular weight is 383 g/mol. The summed E-state index contributed by atoms with van der Waals surface area (Å²) >= 11 is 1.70. The quantitative estimate of drug-likeness (QED) is 0.671. The number of rotatable bonds is 5. The molecule has 1 aromatic carbocycles. The van der Waals surface area contributed by atoms with E-state index in [0.717, 1.165) is 55.2 Å². The maximum absolute atomic E-state index is 12.6. The fourth-order valence-electron chi connectivity index (χ4n) is 3.88. The van der Waals surface area contributed by atoms with Gasteiger partial charge in [0.1, 0.15) is 5.82 Å². The zero-order valence-electron chi connectivity index (χ0n) is 16.0. The monoisotopic (exact) mass is 382 g/mol. The minimum Gasteiger partial charge on any atom is -0.343 e. The van der Waals surface area contributed by atoms with Gasteiger partial charge in [0.15, 0.2) is 0 Å². The van der Waals surface area contributed by atoms with E-state index < -0.39 is 0 Å². The molecule has 0 bridgehead atoms. The molecule has 27 heavy (non-hydrogen) atoms. The molecule has 0 aliphatic carbocycles. The molecule has 1 aliphatic heterocycles. The van der Waals surface area contributed by atoms with Crippen molar-refractivity contribution in [1.29, 1.82) is 0 Å². The van der Waals surface area contributed by atoms with Crippen molar-refractivity contribution in [3.63, 3.8) is 0 Å². The van der Waals surface area contributed by atoms with Crippen molar-refractivity contribution >= 4 is 27.5 Å². The maximum atomic E-state index is 12.6. The molecule has 3 aromatic rings. The molecule has 142 valence electrons. The number of nitrogens with zero attached hydrogens (tertiary/aromatic N) is 4. The molecule has 5 nitrogen and oxygen atoms in total. The lowest BCUT2D eigenvalue weighted by molar-refractivity contribution is -0.132. The Bertz CT molecular complexity index is 884. The first-order valence-corrected chi connectivity index (χ1v) is 10.5. The fourth-order valence-corrected chi connectivity index (χ4v) is 4.85. The smallest absolute Gasteiger partial charge is 0.222 e. The highest BCUT2D eigenvalue weighted by Gasteiger charge is 2.23. The first kappa shape index (κ1) is 18.2. The second kappa shape index (κ2) is 7.80. The molecule has 1 aliphatic rings. The van der Waals surface area contributed by atoms with Crippen LogP contribution in [0.4, 0.5) is 0 Å². The number of piperidine rings is 1. The maximum Gasteiger partial charge on any atom is 0.222 e. The van der Waals surface area contributed by atoms with Crippen molar-refractivity contribution in [2.45, 2.75) is 46.1 Å². The summed E-state index contributed by atoms with van der Waals surface area (Å²) < 4.78 is 3.50. The Balaban J connectivity index is 1.27. The van der Waals surface area contributed by atoms with Gasteiger partial charge in [-0.25, -0.2) is 9.97 Å². The average Bonchev–Trinajstić information content (AvgIpc) is 3.24. The first-order valence-electron chi connectivity index (χ1n) is 9.71. The van der Waals surface area contributed by atoms with E-state index in [1.165, 1.54) is 10.4 Å². The standard InChI is InChI=1S/C21H26N4OS/c1-15-13-22-16(2)25(15)14-17-9-11-24(12-10-17)21(26)8-7-20-23-18-5-3-4-6-19(18)27-20/h3-6,13,17H,7-12,14H2,1-2H3. The number of likely N-dealkylation sites (tertiary alicyclic amines) is 1. The molecule has 0 atom stereocenters. The minimum absolute atomic E-state index is 0.266. The third kappa shape index (κ3) is 4.05. The largest absolute Gasteiger partial charge is 0.343 e. The zero-order valence-corrected chi connectivity index (χ0v) is 16.8. The number of imidazole rings is 1. The van der Waals surface area contributed by atoms with Crippen molar-refractivity contribution in [2.75, 3.05) is 13.1 Å². The van der Waals surface area contributed by atoms with E-state index in [9.17, 15) is 4.79 Å². The highest BCUT2D eigenvalue weighted by atomic mass is 32.1. The molecule has 0 saturated carbocycles. The summed E-state index contributed by atoms with van der Waals surface area (Å²) in [5, 5.41) is 1.06. The van der Waals surface area contributed by atoms with Crippen molar-refractivity contribution < 1.29 is 4.79 Å². The number of aryl methyl sites for hydroxylation is 3. The Kier molecular flexibility index (Phi) is 5.25. The van der Waals surface area contributed by atoms with Gasteiger partial charge in [0.25, 0.3) is 0 Å². The lowest BCUT2D eigenvalue weighted by Crippen LogP contribution is -2.39. The van der Waals surface area contributed by atoms with Crippen LogP contribution < -0.4 is 0 Å². The van der Waals surface area contributed by atoms with Gasteiger partial charge in [0, 0.05) is 44.4 Å². The van der Waals surface area contributed by atoms with Crippen LogP contribution in [0.2, 0.25) is 0 Å². The Labute approximate surface area is 164 Å². The first-order chi connectivity index (χ1) is 13.1. The lowest BCUT2D eigenvalue weighted by Gasteiger charge is -2.32. The van der Waals surface area contributed by atoms with Gasteiger partial charge < -0.3 is 9.47 Å². The fraction of sp³-hybridized carbons (Fsp3) is 0.476. The number of benzene rings is 1. The van der Waals surface area contributed by atoms with Gasteiger partial charge in [-0.15, -0.1) is 11.3 Å². The van der Waals surface area contributed by atoms with E-state index in [1.54, 1.807) is 11.3 Å². The molecule has 2 aromatic heterocycles. The molecule has 1 amide bonds. The number of carbonyl (C=O) groups is 1. The van der Waals surface area contributed by atoms with Crippen LogP contribution in [0, 0.1) is 19.8 Å². The van der Waals surface area contributed by atoms with Crippen LogP contribution in [-0.2, 0) is 17.8 Å². The highest BCUT2D eigenvalue weighted by molar-refractivity contribution is 7.18. The molecular weight excluding hydrogens is 356 g/mol. The van der Waals surface area contributed by atoms with E-state index in [4.69, 9.17) is 0 Å². The number of fused-ring (bicyclic) bond motifs is 1. The summed E-state index contributed by atoms with van der Waals surface area (Å²) in [6.07, 6.45) is 5.39. The Morgan fingerprint density at radius 1 is 1.22 bits per heavy atom. The van der Waals surface area contributed by atoms with Crippen molar-refractivity contribution in [2.24, 2.45) is 5.92 Å². The lowest BCUT2D eigenvalue weighted by atomic mass is 9.96. The van der Waals surface area contributed by atoms with Crippen LogP contribution in [0.5, 0.6) is 0 Å². The number of hydrogen-bond acceptors (Lipinski definition) is 4. The van der Waals surface area contributed by atoms with Gasteiger partial charge in [-0.2, -0.15) is 0 Å². The SMILES string of the molecule is Cc1cnc(C)n1CC1CCN(C(=O)CCc2nc3ccccc3s2)CC1. The molecule has 4 rings (SSSR count). The predicted molar refractivity (Wildman–Crippen MR) is 109 cm³/mol. The molecular formula is C21H26N4OS. The summed E-state index contributed by atoms with van der Waals surface area (Å²) in [4.78, 5) is 23.7. The van der Waals surface area contributed by atoms with Crippen LogP contribution in [0.25, 0.3) is 10.2 Å². The molecule has 1 saturated heterocycles. The van der Waals surface area contributed by atoms with E-state index in [0.29, 0.717) is 12.3 Å². The predicted octanol–water partition coefficient (Wildman–Crippen LogP) is 3.98. The number of aromatic nitrogens is 3. The number of para-hydroxylation sites is 1. The Morgan fingerprint density at radius 3 is 2.70 bits per heavy atom. The summed E-state index contributed by atoms with van der Waals surface area (Å²) in [7, 11) is 0. The van der Waals surface area contributed by atoms with Crippen LogP contribution in [0.15, 0.2) is 30.5 Å². The molecule has 0 radical (unpaired) electrons. The zero-order chi connectivity index (χ0) is 18.8. The normalized spacial score (nSPS) is 15.6. The summed E-state index contributed by atoms with van der Waals surface area (Å²) in [5.74, 6) is 1.98. The van der Waals surface area contributed by atoms with E-state index >= 15 is 0 Å². The van der Waals surface area contributed by atoms with Crippen molar-refractivity contribution in [3.8, 4) is 0 Å².